The van der Waals surface area contributed by atoms with Gasteiger partial charge in [0.25, 0.3) is 0 Å². The second-order valence-electron chi connectivity index (χ2n) is 5.99. The minimum Gasteiger partial charge on any atom is -0.493 e. The summed E-state index contributed by atoms with van der Waals surface area (Å²) in [5, 5.41) is 3.70. The van der Waals surface area contributed by atoms with Gasteiger partial charge in [0.2, 0.25) is 0 Å². The summed E-state index contributed by atoms with van der Waals surface area (Å²) in [6, 6.07) is 6.78. The van der Waals surface area contributed by atoms with Crippen LogP contribution < -0.4 is 14.8 Å². The fraction of sp³-hybridized carbons (Fsp3) is 0.556. The molecule has 0 aromatic heterocycles. The third-order valence-electron chi connectivity index (χ3n) is 4.75. The smallest absolute Gasteiger partial charge is 0.160 e. The summed E-state index contributed by atoms with van der Waals surface area (Å²) < 4.78 is 10.7. The Labute approximate surface area is 127 Å². The molecule has 1 aliphatic carbocycles. The van der Waals surface area contributed by atoms with E-state index in [1.165, 1.54) is 37.7 Å². The Morgan fingerprint density at radius 3 is 2.67 bits per heavy atom. The Hall–Kier alpha value is -1.48. The van der Waals surface area contributed by atoms with Crippen molar-refractivity contribution >= 4 is 0 Å². The van der Waals surface area contributed by atoms with Crippen LogP contribution in [0.5, 0.6) is 11.5 Å². The highest BCUT2D eigenvalue weighted by molar-refractivity contribution is 5.43. The van der Waals surface area contributed by atoms with Crippen LogP contribution in [0.3, 0.4) is 0 Å². The summed E-state index contributed by atoms with van der Waals surface area (Å²) in [6.45, 7) is 1.12. The first-order valence-electron chi connectivity index (χ1n) is 7.97. The zero-order valence-corrected chi connectivity index (χ0v) is 13.1. The number of methoxy groups -OCH3 is 2. The standard InChI is InChI=1S/C18H25NO2/c1-20-17-8-7-13(12-18(17)21-2)11-16-15-6-4-3-5-14(15)9-10-19-16/h7-8,12,16,19H,3-6,9-11H2,1-2H3. The van der Waals surface area contributed by atoms with Crippen molar-refractivity contribution in [3.8, 4) is 11.5 Å². The lowest BCUT2D eigenvalue weighted by Gasteiger charge is -2.33. The largest absolute Gasteiger partial charge is 0.493 e. The van der Waals surface area contributed by atoms with Crippen molar-refractivity contribution in [3.63, 3.8) is 0 Å². The summed E-state index contributed by atoms with van der Waals surface area (Å²) in [4.78, 5) is 0. The first kappa shape index (κ1) is 14.5. The molecule has 0 saturated carbocycles. The first-order chi connectivity index (χ1) is 10.3. The van der Waals surface area contributed by atoms with E-state index in [9.17, 15) is 0 Å². The van der Waals surface area contributed by atoms with Crippen LogP contribution in [0.15, 0.2) is 29.3 Å². The summed E-state index contributed by atoms with van der Waals surface area (Å²) in [5.74, 6) is 1.62. The first-order valence-corrected chi connectivity index (χ1v) is 7.97. The van der Waals surface area contributed by atoms with Gasteiger partial charge in [0.05, 0.1) is 14.2 Å². The van der Waals surface area contributed by atoms with E-state index >= 15 is 0 Å². The minimum absolute atomic E-state index is 0.507. The van der Waals surface area contributed by atoms with Crippen LogP contribution in [-0.2, 0) is 6.42 Å². The van der Waals surface area contributed by atoms with Crippen molar-refractivity contribution in [2.75, 3.05) is 20.8 Å². The maximum Gasteiger partial charge on any atom is 0.160 e. The molecule has 2 aliphatic rings. The van der Waals surface area contributed by atoms with E-state index in [-0.39, 0.29) is 0 Å². The molecule has 114 valence electrons. The average Bonchev–Trinajstić information content (AvgIpc) is 2.55. The molecule has 1 aromatic rings. The lowest BCUT2D eigenvalue weighted by atomic mass is 9.81. The van der Waals surface area contributed by atoms with Crippen molar-refractivity contribution in [2.45, 2.75) is 44.6 Å². The molecule has 0 spiro atoms. The van der Waals surface area contributed by atoms with Crippen LogP contribution in [0.2, 0.25) is 0 Å². The third-order valence-corrected chi connectivity index (χ3v) is 4.75. The summed E-state index contributed by atoms with van der Waals surface area (Å²) >= 11 is 0. The van der Waals surface area contributed by atoms with Crippen molar-refractivity contribution in [1.29, 1.82) is 0 Å². The lowest BCUT2D eigenvalue weighted by molar-refractivity contribution is 0.354. The Morgan fingerprint density at radius 1 is 1.05 bits per heavy atom. The number of benzene rings is 1. The molecule has 1 unspecified atom stereocenters. The molecule has 3 heteroatoms. The van der Waals surface area contributed by atoms with Gasteiger partial charge in [0.15, 0.2) is 11.5 Å². The van der Waals surface area contributed by atoms with Gasteiger partial charge in [-0.05, 0) is 62.8 Å². The zero-order chi connectivity index (χ0) is 14.7. The molecule has 0 saturated heterocycles. The average molecular weight is 287 g/mol. The lowest BCUT2D eigenvalue weighted by Crippen LogP contribution is -2.39. The van der Waals surface area contributed by atoms with Crippen LogP contribution in [0.4, 0.5) is 0 Å². The quantitative estimate of drug-likeness (QED) is 0.860. The number of rotatable bonds is 4. The number of ether oxygens (including phenoxy) is 2. The highest BCUT2D eigenvalue weighted by Crippen LogP contribution is 2.34. The predicted octanol–water partition coefficient (Wildman–Crippen LogP) is 3.48. The fourth-order valence-electron chi connectivity index (χ4n) is 3.66. The molecule has 0 amide bonds. The Kier molecular flexibility index (Phi) is 4.49. The van der Waals surface area contributed by atoms with E-state index < -0.39 is 0 Å². The fourth-order valence-corrected chi connectivity index (χ4v) is 3.66. The molecule has 0 bridgehead atoms. The number of hydrogen-bond donors (Lipinski definition) is 1. The Bertz CT molecular complexity index is 532. The van der Waals surface area contributed by atoms with Crippen LogP contribution >= 0.6 is 0 Å². The second kappa shape index (κ2) is 6.52. The molecule has 1 heterocycles. The monoisotopic (exact) mass is 287 g/mol. The van der Waals surface area contributed by atoms with E-state index in [0.29, 0.717) is 6.04 Å². The van der Waals surface area contributed by atoms with E-state index in [0.717, 1.165) is 24.5 Å². The van der Waals surface area contributed by atoms with Gasteiger partial charge < -0.3 is 14.8 Å². The second-order valence-corrected chi connectivity index (χ2v) is 5.99. The normalized spacial score (nSPS) is 21.9. The number of hydrogen-bond acceptors (Lipinski definition) is 3. The van der Waals surface area contributed by atoms with Gasteiger partial charge in [-0.25, -0.2) is 0 Å². The van der Waals surface area contributed by atoms with E-state index in [2.05, 4.69) is 17.4 Å². The van der Waals surface area contributed by atoms with Crippen molar-refractivity contribution in [2.24, 2.45) is 0 Å². The van der Waals surface area contributed by atoms with E-state index in [4.69, 9.17) is 9.47 Å². The maximum atomic E-state index is 5.42. The van der Waals surface area contributed by atoms with Crippen LogP contribution in [0.25, 0.3) is 0 Å². The summed E-state index contributed by atoms with van der Waals surface area (Å²) in [6.07, 6.45) is 7.61. The van der Waals surface area contributed by atoms with Crippen LogP contribution in [-0.4, -0.2) is 26.8 Å². The van der Waals surface area contributed by atoms with Crippen molar-refractivity contribution in [3.05, 3.63) is 34.9 Å². The SMILES string of the molecule is COc1ccc(CC2NCCC3=C2CCCC3)cc1OC. The molecule has 3 nitrogen and oxygen atoms in total. The van der Waals surface area contributed by atoms with E-state index in [1.54, 1.807) is 25.4 Å². The van der Waals surface area contributed by atoms with Gasteiger partial charge in [0.1, 0.15) is 0 Å². The highest BCUT2D eigenvalue weighted by Gasteiger charge is 2.24. The predicted molar refractivity (Wildman–Crippen MR) is 85.2 cm³/mol. The van der Waals surface area contributed by atoms with Gasteiger partial charge in [-0.2, -0.15) is 0 Å². The maximum absolute atomic E-state index is 5.42. The third kappa shape index (κ3) is 3.08. The molecule has 0 fully saturated rings. The molecule has 21 heavy (non-hydrogen) atoms. The van der Waals surface area contributed by atoms with Crippen LogP contribution in [0, 0.1) is 0 Å². The molecular formula is C18H25NO2. The topological polar surface area (TPSA) is 30.5 Å². The van der Waals surface area contributed by atoms with Crippen molar-refractivity contribution < 1.29 is 9.47 Å². The molecular weight excluding hydrogens is 262 g/mol. The Morgan fingerprint density at radius 2 is 1.86 bits per heavy atom. The van der Waals surface area contributed by atoms with Gasteiger partial charge in [0, 0.05) is 6.04 Å². The van der Waals surface area contributed by atoms with E-state index in [1.807, 2.05) is 6.07 Å². The number of nitrogens with one attached hydrogen (secondary N) is 1. The summed E-state index contributed by atoms with van der Waals surface area (Å²) in [5.41, 5.74) is 4.72. The van der Waals surface area contributed by atoms with Gasteiger partial charge >= 0.3 is 0 Å². The van der Waals surface area contributed by atoms with Crippen LogP contribution in [0.1, 0.15) is 37.7 Å². The van der Waals surface area contributed by atoms with Gasteiger partial charge in [-0.15, -0.1) is 0 Å². The van der Waals surface area contributed by atoms with Gasteiger partial charge in [-0.3, -0.25) is 0 Å². The Balaban J connectivity index is 1.79. The molecule has 0 radical (unpaired) electrons. The summed E-state index contributed by atoms with van der Waals surface area (Å²) in [7, 11) is 3.38. The van der Waals surface area contributed by atoms with Gasteiger partial charge in [-0.1, -0.05) is 17.2 Å². The minimum atomic E-state index is 0.507. The highest BCUT2D eigenvalue weighted by atomic mass is 16.5. The molecule has 3 rings (SSSR count). The molecule has 1 aromatic carbocycles. The zero-order valence-electron chi connectivity index (χ0n) is 13.1. The van der Waals surface area contributed by atoms with Crippen molar-refractivity contribution in [1.82, 2.24) is 5.32 Å². The molecule has 1 aliphatic heterocycles. The molecule has 1 atom stereocenters. The molecule has 1 N–H and O–H groups in total.